The van der Waals surface area contributed by atoms with E-state index in [-0.39, 0.29) is 19.9 Å². The number of nitrogens with zero attached hydrogens (tertiary/aromatic N) is 1. The molecule has 1 aromatic heterocycles. The second-order valence-electron chi connectivity index (χ2n) is 13.7. The molecule has 0 N–H and O–H groups in total. The summed E-state index contributed by atoms with van der Waals surface area (Å²) in [5.41, 5.74) is 11.5. The standard InChI is InChI=1S/C47H33NSe/c1-47(2)39-18-9-8-16-38(39)44-40(47)19-11-20-41(44)48(34-27-24-31(25-28-34)30-12-4-3-5-13-30)42-21-10-17-36-37-29-26-33-23-22-32-14-6-7-15-35(32)43(33)46(37)49-45(36)42/h3-29H,1-2H3. The first-order valence-corrected chi connectivity index (χ1v) is 18.7. The molecule has 0 aliphatic heterocycles. The fraction of sp³-hybridized carbons (Fsp3) is 0.0638. The number of hydrogen-bond donors (Lipinski definition) is 0. The molecule has 232 valence electrons. The Morgan fingerprint density at radius 3 is 1.96 bits per heavy atom. The number of hydrogen-bond acceptors (Lipinski definition) is 1. The minimum absolute atomic E-state index is 0.0798. The van der Waals surface area contributed by atoms with Crippen LogP contribution in [0, 0.1) is 0 Å². The Labute approximate surface area is 292 Å². The molecule has 0 saturated carbocycles. The van der Waals surface area contributed by atoms with Gasteiger partial charge in [0.25, 0.3) is 0 Å². The van der Waals surface area contributed by atoms with Crippen LogP contribution in [0.4, 0.5) is 17.1 Å². The van der Waals surface area contributed by atoms with Crippen LogP contribution in [0.1, 0.15) is 25.0 Å². The molecule has 10 rings (SSSR count). The van der Waals surface area contributed by atoms with Crippen molar-refractivity contribution in [2.75, 3.05) is 4.90 Å². The fourth-order valence-electron chi connectivity index (χ4n) is 8.27. The van der Waals surface area contributed by atoms with Crippen molar-refractivity contribution in [1.29, 1.82) is 0 Å². The molecule has 0 fully saturated rings. The van der Waals surface area contributed by atoms with Gasteiger partial charge >= 0.3 is 294 Å². The SMILES string of the molecule is CC1(C)c2ccccc2-c2c(N(c3ccc(-c4ccccc4)cc3)c3cccc4c3[se]c3c4ccc4ccc5ccccc5c43)cccc21. The van der Waals surface area contributed by atoms with Gasteiger partial charge in [-0.3, -0.25) is 0 Å². The van der Waals surface area contributed by atoms with Crippen LogP contribution in [0.5, 0.6) is 0 Å². The summed E-state index contributed by atoms with van der Waals surface area (Å²) in [6.07, 6.45) is 0. The summed E-state index contributed by atoms with van der Waals surface area (Å²) in [5, 5.41) is 8.12. The van der Waals surface area contributed by atoms with Gasteiger partial charge in [0, 0.05) is 0 Å². The van der Waals surface area contributed by atoms with Gasteiger partial charge in [-0.25, -0.2) is 0 Å². The number of benzene rings is 8. The van der Waals surface area contributed by atoms with Gasteiger partial charge in [-0.05, 0) is 0 Å². The summed E-state index contributed by atoms with van der Waals surface area (Å²) in [6, 6.07) is 60.9. The average Bonchev–Trinajstić information content (AvgIpc) is 3.65. The van der Waals surface area contributed by atoms with Crippen molar-refractivity contribution in [2.45, 2.75) is 19.3 Å². The minimum atomic E-state index is -0.0798. The normalized spacial score (nSPS) is 13.3. The van der Waals surface area contributed by atoms with Crippen LogP contribution in [0.25, 0.3) is 63.1 Å². The third kappa shape index (κ3) is 4.25. The molecule has 2 heteroatoms. The van der Waals surface area contributed by atoms with Gasteiger partial charge < -0.3 is 0 Å². The number of rotatable bonds is 4. The predicted octanol–water partition coefficient (Wildman–Crippen LogP) is 12.8. The van der Waals surface area contributed by atoms with Crippen LogP contribution in [0.2, 0.25) is 0 Å². The van der Waals surface area contributed by atoms with Crippen molar-refractivity contribution >= 4 is 72.4 Å². The van der Waals surface area contributed by atoms with Gasteiger partial charge in [-0.15, -0.1) is 0 Å². The molecule has 0 saturated heterocycles. The Balaban J connectivity index is 1.27. The Morgan fingerprint density at radius 2 is 1.08 bits per heavy atom. The van der Waals surface area contributed by atoms with E-state index >= 15 is 0 Å². The van der Waals surface area contributed by atoms with E-state index in [1.807, 2.05) is 0 Å². The summed E-state index contributed by atoms with van der Waals surface area (Å²) in [5.74, 6) is 0. The van der Waals surface area contributed by atoms with E-state index in [1.54, 1.807) is 0 Å². The van der Waals surface area contributed by atoms with E-state index in [2.05, 4.69) is 183 Å². The van der Waals surface area contributed by atoms with Gasteiger partial charge in [-0.2, -0.15) is 0 Å². The van der Waals surface area contributed by atoms with Crippen molar-refractivity contribution in [1.82, 2.24) is 0 Å². The van der Waals surface area contributed by atoms with Crippen LogP contribution in [0.15, 0.2) is 164 Å². The molecule has 0 spiro atoms. The molecule has 1 nitrogen and oxygen atoms in total. The van der Waals surface area contributed by atoms with Gasteiger partial charge in [-0.1, -0.05) is 0 Å². The van der Waals surface area contributed by atoms with E-state index < -0.39 is 0 Å². The van der Waals surface area contributed by atoms with Crippen molar-refractivity contribution in [2.24, 2.45) is 0 Å². The van der Waals surface area contributed by atoms with Gasteiger partial charge in [0.05, 0.1) is 0 Å². The maximum absolute atomic E-state index is 2.55. The molecular formula is C47H33NSe. The zero-order valence-corrected chi connectivity index (χ0v) is 29.2. The Morgan fingerprint density at radius 1 is 0.449 bits per heavy atom. The average molecular weight is 691 g/mol. The second kappa shape index (κ2) is 10.8. The van der Waals surface area contributed by atoms with Crippen LogP contribution >= 0.6 is 0 Å². The summed E-state index contributed by atoms with van der Waals surface area (Å²) >= 11 is 0.113. The summed E-state index contributed by atoms with van der Waals surface area (Å²) < 4.78 is 2.94. The second-order valence-corrected chi connectivity index (χ2v) is 15.8. The molecule has 1 aliphatic rings. The van der Waals surface area contributed by atoms with Crippen molar-refractivity contribution < 1.29 is 0 Å². The Hall–Kier alpha value is -5.40. The Kier molecular flexibility index (Phi) is 6.31. The Bertz CT molecular complexity index is 2730. The van der Waals surface area contributed by atoms with E-state index in [0.29, 0.717) is 0 Å². The molecule has 1 heterocycles. The van der Waals surface area contributed by atoms with Crippen LogP contribution in [-0.2, 0) is 5.41 Å². The monoisotopic (exact) mass is 691 g/mol. The molecule has 49 heavy (non-hydrogen) atoms. The van der Waals surface area contributed by atoms with E-state index in [1.165, 1.54) is 91.3 Å². The molecule has 0 bridgehead atoms. The molecule has 0 amide bonds. The molecule has 0 atom stereocenters. The van der Waals surface area contributed by atoms with Crippen LogP contribution in [0.3, 0.4) is 0 Å². The van der Waals surface area contributed by atoms with Gasteiger partial charge in [0.2, 0.25) is 0 Å². The summed E-state index contributed by atoms with van der Waals surface area (Å²) in [4.78, 5) is 2.55. The molecule has 1 aliphatic carbocycles. The van der Waals surface area contributed by atoms with Gasteiger partial charge in [0.1, 0.15) is 0 Å². The first-order valence-electron chi connectivity index (χ1n) is 17.0. The predicted molar refractivity (Wildman–Crippen MR) is 211 cm³/mol. The number of fused-ring (bicyclic) bond motifs is 10. The quantitative estimate of drug-likeness (QED) is 0.131. The third-order valence-corrected chi connectivity index (χ3v) is 13.3. The first kappa shape index (κ1) is 28.6. The topological polar surface area (TPSA) is 3.24 Å². The van der Waals surface area contributed by atoms with E-state index in [9.17, 15) is 0 Å². The van der Waals surface area contributed by atoms with Gasteiger partial charge in [0.15, 0.2) is 0 Å². The van der Waals surface area contributed by atoms with E-state index in [4.69, 9.17) is 0 Å². The fourth-order valence-corrected chi connectivity index (χ4v) is 11.2. The zero-order valence-electron chi connectivity index (χ0n) is 27.4. The van der Waals surface area contributed by atoms with Crippen molar-refractivity contribution in [3.05, 3.63) is 175 Å². The number of anilines is 3. The third-order valence-electron chi connectivity index (χ3n) is 10.7. The zero-order chi connectivity index (χ0) is 32.7. The first-order chi connectivity index (χ1) is 24.1. The van der Waals surface area contributed by atoms with Crippen molar-refractivity contribution in [3.63, 3.8) is 0 Å². The molecule has 9 aromatic rings. The summed E-state index contributed by atoms with van der Waals surface area (Å²) in [6.45, 7) is 4.74. The van der Waals surface area contributed by atoms with Crippen molar-refractivity contribution in [3.8, 4) is 22.3 Å². The van der Waals surface area contributed by atoms with E-state index in [0.717, 1.165) is 0 Å². The maximum atomic E-state index is 2.55. The molecule has 8 aromatic carbocycles. The molecule has 0 unspecified atom stereocenters. The molecule has 0 radical (unpaired) electrons. The molecular weight excluding hydrogens is 657 g/mol. The van der Waals surface area contributed by atoms with Crippen LogP contribution < -0.4 is 4.90 Å². The van der Waals surface area contributed by atoms with Crippen LogP contribution in [-0.4, -0.2) is 14.5 Å². The summed E-state index contributed by atoms with van der Waals surface area (Å²) in [7, 11) is 0.